The minimum atomic E-state index is 0.241. The first-order valence-corrected chi connectivity index (χ1v) is 14.1. The summed E-state index contributed by atoms with van der Waals surface area (Å²) in [5.74, 6) is 1.02. The van der Waals surface area contributed by atoms with Crippen molar-refractivity contribution < 1.29 is 4.74 Å². The zero-order chi connectivity index (χ0) is 26.6. The molecule has 0 aromatic heterocycles. The summed E-state index contributed by atoms with van der Waals surface area (Å²) in [6, 6.07) is 48.7. The lowest BCUT2D eigenvalue weighted by Gasteiger charge is -2.19. The molecule has 1 unspecified atom stereocenters. The van der Waals surface area contributed by atoms with E-state index in [9.17, 15) is 0 Å². The summed E-state index contributed by atoms with van der Waals surface area (Å²) >= 11 is 0. The van der Waals surface area contributed by atoms with Crippen molar-refractivity contribution in [1.82, 2.24) is 0 Å². The van der Waals surface area contributed by atoms with Crippen molar-refractivity contribution in [3.8, 4) is 39.1 Å². The van der Waals surface area contributed by atoms with Crippen LogP contribution in [0.1, 0.15) is 12.5 Å². The van der Waals surface area contributed by atoms with Gasteiger partial charge in [-0.15, -0.1) is 0 Å². The van der Waals surface area contributed by atoms with E-state index in [-0.39, 0.29) is 6.10 Å². The van der Waals surface area contributed by atoms with Crippen LogP contribution in [0.3, 0.4) is 0 Å². The lowest BCUT2D eigenvalue weighted by molar-refractivity contribution is 0.254. The molecule has 7 aromatic rings. The average molecular weight is 513 g/mol. The van der Waals surface area contributed by atoms with Crippen molar-refractivity contribution in [3.63, 3.8) is 0 Å². The van der Waals surface area contributed by atoms with Gasteiger partial charge in [0.15, 0.2) is 0 Å². The number of benzene rings is 7. The fourth-order valence-corrected chi connectivity index (χ4v) is 6.69. The largest absolute Gasteiger partial charge is 0.490 e. The van der Waals surface area contributed by atoms with E-state index in [2.05, 4.69) is 140 Å². The second-order valence-corrected chi connectivity index (χ2v) is 10.9. The van der Waals surface area contributed by atoms with Crippen molar-refractivity contribution in [2.75, 3.05) is 0 Å². The summed E-state index contributed by atoms with van der Waals surface area (Å²) in [6.07, 6.45) is 1.20. The predicted octanol–water partition coefficient (Wildman–Crippen LogP) is 10.5. The summed E-state index contributed by atoms with van der Waals surface area (Å²) in [5.41, 5.74) is 8.91. The predicted molar refractivity (Wildman–Crippen MR) is 169 cm³/mol. The van der Waals surface area contributed by atoms with Crippen LogP contribution in [0.4, 0.5) is 0 Å². The van der Waals surface area contributed by atoms with Crippen LogP contribution >= 0.6 is 0 Å². The molecule has 0 spiro atoms. The molecule has 0 bridgehead atoms. The van der Waals surface area contributed by atoms with E-state index in [1.807, 2.05) is 0 Å². The van der Waals surface area contributed by atoms with Crippen molar-refractivity contribution in [2.45, 2.75) is 19.4 Å². The maximum atomic E-state index is 5.99. The standard InChI is InChI=1S/C39H28O/c1-25-23-28-24-27(19-22-37(28)40-25)29-20-21-36(31-14-6-5-13-30(29)31)39-34-17-9-7-15-32(34)38(26-11-3-2-4-12-26)33-16-8-10-18-35(33)39/h2-22,24-25H,23H2,1H3. The first kappa shape index (κ1) is 23.0. The average Bonchev–Trinajstić information content (AvgIpc) is 3.39. The Morgan fingerprint density at radius 3 is 1.65 bits per heavy atom. The van der Waals surface area contributed by atoms with Gasteiger partial charge in [-0.25, -0.2) is 0 Å². The molecule has 0 saturated carbocycles. The highest BCUT2D eigenvalue weighted by Gasteiger charge is 2.21. The molecule has 1 heterocycles. The van der Waals surface area contributed by atoms with Gasteiger partial charge >= 0.3 is 0 Å². The van der Waals surface area contributed by atoms with Crippen LogP contribution < -0.4 is 4.74 Å². The monoisotopic (exact) mass is 512 g/mol. The van der Waals surface area contributed by atoms with Gasteiger partial charge in [0.1, 0.15) is 11.9 Å². The van der Waals surface area contributed by atoms with Crippen LogP contribution in [0.15, 0.2) is 133 Å². The molecule has 0 saturated heterocycles. The molecule has 40 heavy (non-hydrogen) atoms. The summed E-state index contributed by atoms with van der Waals surface area (Å²) in [6.45, 7) is 2.14. The van der Waals surface area contributed by atoms with E-state index in [0.29, 0.717) is 0 Å². The van der Waals surface area contributed by atoms with Gasteiger partial charge in [-0.2, -0.15) is 0 Å². The highest BCUT2D eigenvalue weighted by molar-refractivity contribution is 6.24. The minimum Gasteiger partial charge on any atom is -0.490 e. The van der Waals surface area contributed by atoms with E-state index in [4.69, 9.17) is 4.74 Å². The molecule has 190 valence electrons. The number of hydrogen-bond acceptors (Lipinski definition) is 1. The van der Waals surface area contributed by atoms with Gasteiger partial charge in [-0.1, -0.05) is 121 Å². The highest BCUT2D eigenvalue weighted by Crippen LogP contribution is 2.46. The van der Waals surface area contributed by atoms with E-state index < -0.39 is 0 Å². The number of fused-ring (bicyclic) bond motifs is 4. The summed E-state index contributed by atoms with van der Waals surface area (Å²) < 4.78 is 5.99. The van der Waals surface area contributed by atoms with Crippen molar-refractivity contribution in [2.24, 2.45) is 0 Å². The molecule has 1 aliphatic rings. The third-order valence-corrected chi connectivity index (χ3v) is 8.39. The zero-order valence-corrected chi connectivity index (χ0v) is 22.4. The third-order valence-electron chi connectivity index (χ3n) is 8.39. The summed E-state index contributed by atoms with van der Waals surface area (Å²) in [5, 5.41) is 7.66. The fraction of sp³-hybridized carbons (Fsp3) is 0.0769. The summed E-state index contributed by atoms with van der Waals surface area (Å²) in [7, 11) is 0. The Labute approximate surface area is 234 Å². The molecule has 1 nitrogen and oxygen atoms in total. The minimum absolute atomic E-state index is 0.241. The van der Waals surface area contributed by atoms with Gasteiger partial charge in [0.2, 0.25) is 0 Å². The van der Waals surface area contributed by atoms with Gasteiger partial charge in [0, 0.05) is 6.42 Å². The quantitative estimate of drug-likeness (QED) is 0.214. The number of rotatable bonds is 3. The molecule has 7 aromatic carbocycles. The van der Waals surface area contributed by atoms with Crippen molar-refractivity contribution in [3.05, 3.63) is 139 Å². The molecule has 0 aliphatic carbocycles. The molecule has 1 aliphatic heterocycles. The molecule has 8 rings (SSSR count). The zero-order valence-electron chi connectivity index (χ0n) is 22.4. The Morgan fingerprint density at radius 2 is 1.00 bits per heavy atom. The van der Waals surface area contributed by atoms with Crippen LogP contribution in [0.5, 0.6) is 5.75 Å². The highest BCUT2D eigenvalue weighted by atomic mass is 16.5. The van der Waals surface area contributed by atoms with Crippen LogP contribution in [0.2, 0.25) is 0 Å². The lowest BCUT2D eigenvalue weighted by atomic mass is 9.84. The second kappa shape index (κ2) is 9.10. The van der Waals surface area contributed by atoms with Gasteiger partial charge in [-0.3, -0.25) is 0 Å². The van der Waals surface area contributed by atoms with Crippen LogP contribution in [0.25, 0.3) is 65.7 Å². The van der Waals surface area contributed by atoms with E-state index in [0.717, 1.165) is 12.2 Å². The molecular weight excluding hydrogens is 484 g/mol. The molecule has 0 radical (unpaired) electrons. The topological polar surface area (TPSA) is 9.23 Å². The summed E-state index contributed by atoms with van der Waals surface area (Å²) in [4.78, 5) is 0. The van der Waals surface area contributed by atoms with Gasteiger partial charge in [0.05, 0.1) is 0 Å². The Balaban J connectivity index is 1.43. The lowest BCUT2D eigenvalue weighted by Crippen LogP contribution is -2.05. The fourth-order valence-electron chi connectivity index (χ4n) is 6.69. The van der Waals surface area contributed by atoms with Crippen LogP contribution in [0, 0.1) is 0 Å². The number of hydrogen-bond donors (Lipinski definition) is 0. The normalized spacial score (nSPS) is 14.5. The maximum absolute atomic E-state index is 5.99. The van der Waals surface area contributed by atoms with Crippen molar-refractivity contribution >= 4 is 32.3 Å². The van der Waals surface area contributed by atoms with Crippen LogP contribution in [-0.4, -0.2) is 6.10 Å². The van der Waals surface area contributed by atoms with Gasteiger partial charge in [-0.05, 0) is 90.3 Å². The second-order valence-electron chi connectivity index (χ2n) is 10.9. The van der Waals surface area contributed by atoms with Crippen molar-refractivity contribution in [1.29, 1.82) is 0 Å². The van der Waals surface area contributed by atoms with Gasteiger partial charge in [0.25, 0.3) is 0 Å². The Bertz CT molecular complexity index is 2010. The van der Waals surface area contributed by atoms with E-state index in [1.165, 1.54) is 71.3 Å². The number of ether oxygens (including phenoxy) is 1. The molecule has 0 N–H and O–H groups in total. The Morgan fingerprint density at radius 1 is 0.475 bits per heavy atom. The molecule has 1 heteroatoms. The smallest absolute Gasteiger partial charge is 0.123 e. The first-order valence-electron chi connectivity index (χ1n) is 14.1. The van der Waals surface area contributed by atoms with Gasteiger partial charge < -0.3 is 4.74 Å². The molecule has 0 amide bonds. The maximum Gasteiger partial charge on any atom is 0.123 e. The van der Waals surface area contributed by atoms with E-state index >= 15 is 0 Å². The molecule has 1 atom stereocenters. The first-order chi connectivity index (χ1) is 19.8. The Hall–Kier alpha value is -4.88. The van der Waals surface area contributed by atoms with E-state index in [1.54, 1.807) is 0 Å². The SMILES string of the molecule is CC1Cc2cc(-c3ccc(-c4c5ccccc5c(-c5ccccc5)c5ccccc45)c4ccccc34)ccc2O1. The van der Waals surface area contributed by atoms with Crippen LogP contribution in [-0.2, 0) is 6.42 Å². The molecular formula is C39H28O. The third kappa shape index (κ3) is 3.55. The molecule has 0 fully saturated rings. The Kier molecular flexibility index (Phi) is 5.24.